The Labute approximate surface area is 44.8 Å². The lowest BCUT2D eigenvalue weighted by molar-refractivity contribution is 1.00. The van der Waals surface area contributed by atoms with Gasteiger partial charge in [0.25, 0.3) is 0 Å². The largest absolute Gasteiger partial charge is 0.165 e. The first-order valence-electron chi connectivity index (χ1n) is 2.42. The molecule has 1 aliphatic rings. The molecule has 0 aliphatic heterocycles. The van der Waals surface area contributed by atoms with Gasteiger partial charge in [-0.1, -0.05) is 0 Å². The minimum Gasteiger partial charge on any atom is -0.165 e. The Balaban J connectivity index is 0.000000360. The molecule has 0 unspecified atom stereocenters. The second-order valence-corrected chi connectivity index (χ2v) is 2.81. The Morgan fingerprint density at radius 2 is 2.50 bits per heavy atom. The molecule has 0 spiro atoms. The molecule has 0 atom stereocenters. The lowest BCUT2D eigenvalue weighted by Crippen LogP contribution is -1.74. The fourth-order valence-corrected chi connectivity index (χ4v) is 1.32. The molecular formula is C5H12S. The van der Waals surface area contributed by atoms with Crippen molar-refractivity contribution in [3.63, 3.8) is 0 Å². The highest BCUT2D eigenvalue weighted by molar-refractivity contribution is 7.98. The van der Waals surface area contributed by atoms with Crippen LogP contribution in [-0.4, -0.2) is 12.0 Å². The summed E-state index contributed by atoms with van der Waals surface area (Å²) >= 11 is 1.97. The molecule has 0 radical (unpaired) electrons. The molecule has 1 saturated carbocycles. The number of hydrogen-bond acceptors (Lipinski definition) is 1. The van der Waals surface area contributed by atoms with Crippen LogP contribution in [0.1, 0.15) is 14.3 Å². The summed E-state index contributed by atoms with van der Waals surface area (Å²) in [5, 5.41) is 0. The zero-order chi connectivity index (χ0) is 4.41. The van der Waals surface area contributed by atoms with Crippen LogP contribution in [0.4, 0.5) is 0 Å². The van der Waals surface area contributed by atoms with E-state index in [1.807, 2.05) is 11.8 Å². The molecule has 0 aromatic heterocycles. The Hall–Kier alpha value is 0.350. The van der Waals surface area contributed by atoms with E-state index in [2.05, 4.69) is 6.26 Å². The van der Waals surface area contributed by atoms with Crippen molar-refractivity contribution in [1.82, 2.24) is 0 Å². The zero-order valence-corrected chi connectivity index (χ0v) is 4.92. The van der Waals surface area contributed by atoms with Gasteiger partial charge in [0, 0.05) is 1.43 Å². The molecule has 6 heavy (non-hydrogen) atoms. The van der Waals surface area contributed by atoms with E-state index in [4.69, 9.17) is 0 Å². The highest BCUT2D eigenvalue weighted by Crippen LogP contribution is 2.31. The molecule has 1 rings (SSSR count). The van der Waals surface area contributed by atoms with Crippen LogP contribution in [0.15, 0.2) is 0 Å². The van der Waals surface area contributed by atoms with Gasteiger partial charge in [-0.05, 0) is 30.8 Å². The van der Waals surface area contributed by atoms with Crippen molar-refractivity contribution in [3.8, 4) is 0 Å². The molecule has 0 aromatic rings. The lowest BCUT2D eigenvalue weighted by atomic mass is 10.5. The molecule has 0 amide bonds. The fourth-order valence-electron chi connectivity index (χ4n) is 0.520. The van der Waals surface area contributed by atoms with Gasteiger partial charge in [-0.2, -0.15) is 11.8 Å². The number of thioether (sulfide) groups is 1. The molecule has 38 valence electrons. The summed E-state index contributed by atoms with van der Waals surface area (Å²) in [5.41, 5.74) is 0. The summed E-state index contributed by atoms with van der Waals surface area (Å²) < 4.78 is 0. The van der Waals surface area contributed by atoms with Crippen molar-refractivity contribution < 1.29 is 1.43 Å². The number of rotatable bonds is 2. The lowest BCUT2D eigenvalue weighted by Gasteiger charge is -1.83. The summed E-state index contributed by atoms with van der Waals surface area (Å²) in [4.78, 5) is 0. The van der Waals surface area contributed by atoms with Gasteiger partial charge >= 0.3 is 0 Å². The summed E-state index contributed by atoms with van der Waals surface area (Å²) in [5.74, 6) is 2.51. The smallest absolute Gasteiger partial charge is 0 e. The van der Waals surface area contributed by atoms with Gasteiger partial charge in [-0.25, -0.2) is 0 Å². The van der Waals surface area contributed by atoms with Gasteiger partial charge in [0.05, 0.1) is 0 Å². The second kappa shape index (κ2) is 1.87. The molecule has 0 N–H and O–H groups in total. The first-order valence-corrected chi connectivity index (χ1v) is 3.82. The van der Waals surface area contributed by atoms with Crippen molar-refractivity contribution in [2.75, 3.05) is 12.0 Å². The first-order chi connectivity index (χ1) is 2.93. The Kier molecular flexibility index (Phi) is 1.41. The topological polar surface area (TPSA) is 0 Å². The third-order valence-corrected chi connectivity index (χ3v) is 1.90. The highest BCUT2D eigenvalue weighted by Gasteiger charge is 2.19. The average Bonchev–Trinajstić information content (AvgIpc) is 2.21. The molecule has 1 heteroatoms. The van der Waals surface area contributed by atoms with E-state index in [-0.39, 0.29) is 1.43 Å². The molecule has 0 saturated heterocycles. The van der Waals surface area contributed by atoms with E-state index in [1.165, 1.54) is 18.6 Å². The molecular weight excluding hydrogens is 92.1 g/mol. The Morgan fingerprint density at radius 1 is 1.83 bits per heavy atom. The van der Waals surface area contributed by atoms with Crippen LogP contribution in [-0.2, 0) is 0 Å². The van der Waals surface area contributed by atoms with Crippen molar-refractivity contribution in [2.24, 2.45) is 5.92 Å². The standard InChI is InChI=1S/C5H10S.H2/c1-6-4-5-2-3-5;/h5H,2-4H2,1H3;1H. The normalized spacial score (nSPS) is 21.5. The van der Waals surface area contributed by atoms with Crippen LogP contribution in [0, 0.1) is 5.92 Å². The van der Waals surface area contributed by atoms with Crippen LogP contribution in [0.5, 0.6) is 0 Å². The predicted octanol–water partition coefficient (Wildman–Crippen LogP) is 2.01. The Morgan fingerprint density at radius 3 is 2.67 bits per heavy atom. The maximum atomic E-state index is 2.18. The van der Waals surface area contributed by atoms with Gasteiger partial charge in [0.1, 0.15) is 0 Å². The van der Waals surface area contributed by atoms with Crippen LogP contribution >= 0.6 is 11.8 Å². The van der Waals surface area contributed by atoms with Gasteiger partial charge in [-0.3, -0.25) is 0 Å². The predicted molar refractivity (Wildman–Crippen MR) is 33.2 cm³/mol. The van der Waals surface area contributed by atoms with E-state index in [0.29, 0.717) is 0 Å². The third kappa shape index (κ3) is 1.21. The monoisotopic (exact) mass is 104 g/mol. The minimum absolute atomic E-state index is 0. The minimum atomic E-state index is 0. The van der Waals surface area contributed by atoms with Crippen LogP contribution in [0.25, 0.3) is 0 Å². The zero-order valence-electron chi connectivity index (χ0n) is 4.11. The maximum absolute atomic E-state index is 2.18. The SMILES string of the molecule is CSCC1CC1.[HH]. The molecule has 0 aromatic carbocycles. The molecule has 0 bridgehead atoms. The van der Waals surface area contributed by atoms with Crippen LogP contribution in [0.2, 0.25) is 0 Å². The molecule has 1 aliphatic carbocycles. The number of hydrogen-bond donors (Lipinski definition) is 0. The average molecular weight is 104 g/mol. The quantitative estimate of drug-likeness (QED) is 0.516. The van der Waals surface area contributed by atoms with Crippen molar-refractivity contribution in [1.29, 1.82) is 0 Å². The summed E-state index contributed by atoms with van der Waals surface area (Å²) in [6, 6.07) is 0. The van der Waals surface area contributed by atoms with E-state index in [1.54, 1.807) is 0 Å². The summed E-state index contributed by atoms with van der Waals surface area (Å²) in [6.45, 7) is 0. The van der Waals surface area contributed by atoms with Crippen molar-refractivity contribution >= 4 is 11.8 Å². The second-order valence-electron chi connectivity index (χ2n) is 1.90. The third-order valence-electron chi connectivity index (χ3n) is 1.10. The van der Waals surface area contributed by atoms with Gasteiger partial charge < -0.3 is 0 Å². The van der Waals surface area contributed by atoms with Crippen molar-refractivity contribution in [2.45, 2.75) is 12.8 Å². The fraction of sp³-hybridized carbons (Fsp3) is 1.00. The summed E-state index contributed by atoms with van der Waals surface area (Å²) in [7, 11) is 0. The van der Waals surface area contributed by atoms with E-state index >= 15 is 0 Å². The first kappa shape index (κ1) is 4.51. The molecule has 0 heterocycles. The molecule has 0 nitrogen and oxygen atoms in total. The van der Waals surface area contributed by atoms with E-state index in [9.17, 15) is 0 Å². The highest BCUT2D eigenvalue weighted by atomic mass is 32.2. The van der Waals surface area contributed by atoms with Crippen LogP contribution in [0.3, 0.4) is 0 Å². The van der Waals surface area contributed by atoms with Gasteiger partial charge in [-0.15, -0.1) is 0 Å². The van der Waals surface area contributed by atoms with E-state index in [0.717, 1.165) is 5.92 Å². The molecule has 1 fully saturated rings. The van der Waals surface area contributed by atoms with Gasteiger partial charge in [0.2, 0.25) is 0 Å². The van der Waals surface area contributed by atoms with Crippen molar-refractivity contribution in [3.05, 3.63) is 0 Å². The van der Waals surface area contributed by atoms with Gasteiger partial charge in [0.15, 0.2) is 0 Å². The summed E-state index contributed by atoms with van der Waals surface area (Å²) in [6.07, 6.45) is 5.18. The van der Waals surface area contributed by atoms with Crippen LogP contribution < -0.4 is 0 Å². The maximum Gasteiger partial charge on any atom is 0 e. The Bertz CT molecular complexity index is 43.3. The van der Waals surface area contributed by atoms with E-state index < -0.39 is 0 Å².